The first-order chi connectivity index (χ1) is 7.81. The third-order valence-corrected chi connectivity index (χ3v) is 2.69. The number of hydrogen-bond acceptors (Lipinski definition) is 2. The van der Waals surface area contributed by atoms with Crippen molar-refractivity contribution in [2.45, 2.75) is 64.7 Å². The van der Waals surface area contributed by atoms with Crippen molar-refractivity contribution in [1.29, 1.82) is 0 Å². The first-order valence-electron chi connectivity index (χ1n) is 6.68. The summed E-state index contributed by atoms with van der Waals surface area (Å²) in [4.78, 5) is 11.1. The van der Waals surface area contributed by atoms with Gasteiger partial charge in [0.15, 0.2) is 0 Å². The lowest BCUT2D eigenvalue weighted by Crippen LogP contribution is -2.21. The van der Waals surface area contributed by atoms with Crippen LogP contribution in [0.15, 0.2) is 0 Å². The van der Waals surface area contributed by atoms with E-state index in [4.69, 9.17) is 5.11 Å². The van der Waals surface area contributed by atoms with Crippen molar-refractivity contribution in [3.63, 3.8) is 0 Å². The predicted molar refractivity (Wildman–Crippen MR) is 67.3 cm³/mol. The SMILES string of the molecule is CCNC(=O)CCCCCCCCCCO. The van der Waals surface area contributed by atoms with E-state index in [1.807, 2.05) is 6.92 Å². The smallest absolute Gasteiger partial charge is 0.219 e. The Labute approximate surface area is 99.6 Å². The van der Waals surface area contributed by atoms with Gasteiger partial charge in [0, 0.05) is 19.6 Å². The zero-order valence-electron chi connectivity index (χ0n) is 10.6. The van der Waals surface area contributed by atoms with Gasteiger partial charge in [0.1, 0.15) is 0 Å². The Morgan fingerprint density at radius 2 is 1.44 bits per heavy atom. The predicted octanol–water partition coefficient (Wildman–Crippen LogP) is 2.63. The molecule has 0 saturated heterocycles. The van der Waals surface area contributed by atoms with Crippen LogP contribution < -0.4 is 5.32 Å². The van der Waals surface area contributed by atoms with Crippen LogP contribution in [0.5, 0.6) is 0 Å². The minimum absolute atomic E-state index is 0.186. The minimum atomic E-state index is 0.186. The summed E-state index contributed by atoms with van der Waals surface area (Å²) in [5, 5.41) is 11.4. The Kier molecular flexibility index (Phi) is 12.1. The molecular weight excluding hydrogens is 202 g/mol. The lowest BCUT2D eigenvalue weighted by Gasteiger charge is -2.02. The Balaban J connectivity index is 3.01. The fraction of sp³-hybridized carbons (Fsp3) is 0.923. The summed E-state index contributed by atoms with van der Waals surface area (Å²) < 4.78 is 0. The molecule has 0 aromatic carbocycles. The van der Waals surface area contributed by atoms with Gasteiger partial charge in [-0.25, -0.2) is 0 Å². The lowest BCUT2D eigenvalue weighted by atomic mass is 10.1. The highest BCUT2D eigenvalue weighted by Crippen LogP contribution is 2.09. The van der Waals surface area contributed by atoms with Crippen LogP contribution in [0.25, 0.3) is 0 Å². The summed E-state index contributed by atoms with van der Waals surface area (Å²) in [5.74, 6) is 0.186. The van der Waals surface area contributed by atoms with Crippen LogP contribution >= 0.6 is 0 Å². The second kappa shape index (κ2) is 12.5. The standard InChI is InChI=1S/C13H27NO2/c1-2-14-13(16)11-9-7-5-3-4-6-8-10-12-15/h15H,2-12H2,1H3,(H,14,16). The number of rotatable bonds is 11. The molecule has 0 radical (unpaired) electrons. The van der Waals surface area contributed by atoms with Gasteiger partial charge in [-0.05, 0) is 19.8 Å². The molecule has 16 heavy (non-hydrogen) atoms. The summed E-state index contributed by atoms with van der Waals surface area (Å²) in [5.41, 5.74) is 0. The molecule has 2 N–H and O–H groups in total. The van der Waals surface area contributed by atoms with Gasteiger partial charge in [0.05, 0.1) is 0 Å². The van der Waals surface area contributed by atoms with E-state index in [2.05, 4.69) is 5.32 Å². The average molecular weight is 229 g/mol. The average Bonchev–Trinajstić information content (AvgIpc) is 2.27. The second-order valence-electron chi connectivity index (χ2n) is 4.26. The molecule has 0 bridgehead atoms. The number of unbranched alkanes of at least 4 members (excludes halogenated alkanes) is 7. The minimum Gasteiger partial charge on any atom is -0.396 e. The van der Waals surface area contributed by atoms with Crippen molar-refractivity contribution in [1.82, 2.24) is 5.32 Å². The van der Waals surface area contributed by atoms with Crippen molar-refractivity contribution in [3.05, 3.63) is 0 Å². The van der Waals surface area contributed by atoms with Gasteiger partial charge < -0.3 is 10.4 Å². The molecule has 0 saturated carbocycles. The highest BCUT2D eigenvalue weighted by Gasteiger charge is 1.98. The monoisotopic (exact) mass is 229 g/mol. The molecule has 1 amide bonds. The molecule has 3 nitrogen and oxygen atoms in total. The molecule has 0 aliphatic carbocycles. The molecule has 0 aromatic heterocycles. The van der Waals surface area contributed by atoms with E-state index in [0.29, 0.717) is 13.0 Å². The van der Waals surface area contributed by atoms with Crippen LogP contribution in [0.1, 0.15) is 64.7 Å². The Bertz CT molecular complexity index is 160. The number of aliphatic hydroxyl groups excluding tert-OH is 1. The fourth-order valence-corrected chi connectivity index (χ4v) is 1.74. The zero-order valence-corrected chi connectivity index (χ0v) is 10.6. The van der Waals surface area contributed by atoms with Gasteiger partial charge in [-0.3, -0.25) is 4.79 Å². The molecule has 0 aliphatic heterocycles. The van der Waals surface area contributed by atoms with Crippen molar-refractivity contribution in [3.8, 4) is 0 Å². The summed E-state index contributed by atoms with van der Waals surface area (Å²) in [6, 6.07) is 0. The van der Waals surface area contributed by atoms with Gasteiger partial charge >= 0.3 is 0 Å². The van der Waals surface area contributed by atoms with Crippen LogP contribution in [-0.2, 0) is 4.79 Å². The van der Waals surface area contributed by atoms with E-state index >= 15 is 0 Å². The molecule has 0 heterocycles. The highest BCUT2D eigenvalue weighted by atomic mass is 16.2. The number of amides is 1. The summed E-state index contributed by atoms with van der Waals surface area (Å²) in [7, 11) is 0. The van der Waals surface area contributed by atoms with E-state index < -0.39 is 0 Å². The summed E-state index contributed by atoms with van der Waals surface area (Å²) >= 11 is 0. The van der Waals surface area contributed by atoms with Crippen LogP contribution in [0.2, 0.25) is 0 Å². The third kappa shape index (κ3) is 11.5. The molecule has 0 unspecified atom stereocenters. The van der Waals surface area contributed by atoms with Crippen molar-refractivity contribution in [2.75, 3.05) is 13.2 Å². The second-order valence-corrected chi connectivity index (χ2v) is 4.26. The maximum Gasteiger partial charge on any atom is 0.219 e. The first kappa shape index (κ1) is 15.4. The van der Waals surface area contributed by atoms with Crippen molar-refractivity contribution >= 4 is 5.91 Å². The van der Waals surface area contributed by atoms with Crippen molar-refractivity contribution < 1.29 is 9.90 Å². The maximum atomic E-state index is 11.1. The number of carbonyl (C=O) groups is 1. The topological polar surface area (TPSA) is 49.3 Å². The maximum absolute atomic E-state index is 11.1. The summed E-state index contributed by atoms with van der Waals surface area (Å²) in [6.45, 7) is 3.01. The molecular formula is C13H27NO2. The highest BCUT2D eigenvalue weighted by molar-refractivity contribution is 5.75. The molecule has 96 valence electrons. The van der Waals surface area contributed by atoms with Gasteiger partial charge in [-0.1, -0.05) is 38.5 Å². The van der Waals surface area contributed by atoms with E-state index in [9.17, 15) is 4.79 Å². The molecule has 0 spiro atoms. The van der Waals surface area contributed by atoms with Crippen LogP contribution in [0, 0.1) is 0 Å². The lowest BCUT2D eigenvalue weighted by molar-refractivity contribution is -0.121. The van der Waals surface area contributed by atoms with Gasteiger partial charge in [-0.15, -0.1) is 0 Å². The Hall–Kier alpha value is -0.570. The quantitative estimate of drug-likeness (QED) is 0.535. The Morgan fingerprint density at radius 1 is 0.938 bits per heavy atom. The third-order valence-electron chi connectivity index (χ3n) is 2.69. The number of aliphatic hydroxyl groups is 1. The normalized spacial score (nSPS) is 10.4. The van der Waals surface area contributed by atoms with Gasteiger partial charge in [-0.2, -0.15) is 0 Å². The van der Waals surface area contributed by atoms with Crippen LogP contribution in [-0.4, -0.2) is 24.2 Å². The molecule has 0 rings (SSSR count). The fourth-order valence-electron chi connectivity index (χ4n) is 1.74. The van der Waals surface area contributed by atoms with Gasteiger partial charge in [0.2, 0.25) is 5.91 Å². The van der Waals surface area contributed by atoms with E-state index in [1.54, 1.807) is 0 Å². The largest absolute Gasteiger partial charge is 0.396 e. The first-order valence-corrected chi connectivity index (χ1v) is 6.68. The molecule has 0 fully saturated rings. The van der Waals surface area contributed by atoms with E-state index in [0.717, 1.165) is 32.2 Å². The van der Waals surface area contributed by atoms with Gasteiger partial charge in [0.25, 0.3) is 0 Å². The Morgan fingerprint density at radius 3 is 1.94 bits per heavy atom. The summed E-state index contributed by atoms with van der Waals surface area (Å²) in [6.07, 6.45) is 9.95. The van der Waals surface area contributed by atoms with E-state index in [-0.39, 0.29) is 5.91 Å². The zero-order chi connectivity index (χ0) is 12.1. The van der Waals surface area contributed by atoms with Crippen molar-refractivity contribution in [2.24, 2.45) is 0 Å². The number of hydrogen-bond donors (Lipinski definition) is 2. The van der Waals surface area contributed by atoms with Crippen LogP contribution in [0.4, 0.5) is 0 Å². The van der Waals surface area contributed by atoms with E-state index in [1.165, 1.54) is 25.7 Å². The molecule has 3 heteroatoms. The molecule has 0 atom stereocenters. The number of carbonyl (C=O) groups excluding carboxylic acids is 1. The molecule has 0 aromatic rings. The van der Waals surface area contributed by atoms with Crippen LogP contribution in [0.3, 0.4) is 0 Å². The molecule has 0 aliphatic rings. The number of nitrogens with one attached hydrogen (secondary N) is 1.